The summed E-state index contributed by atoms with van der Waals surface area (Å²) < 4.78 is 0. The van der Waals surface area contributed by atoms with Crippen molar-refractivity contribution >= 4 is 17.2 Å². The van der Waals surface area contributed by atoms with Gasteiger partial charge < -0.3 is 0 Å². The summed E-state index contributed by atoms with van der Waals surface area (Å²) in [4.78, 5) is 0. The summed E-state index contributed by atoms with van der Waals surface area (Å²) in [6.07, 6.45) is 2.33. The summed E-state index contributed by atoms with van der Waals surface area (Å²) in [6, 6.07) is 8.10. The predicted molar refractivity (Wildman–Crippen MR) is 64.6 cm³/mol. The molecule has 0 aliphatic carbocycles. The molecule has 0 fully saturated rings. The van der Waals surface area contributed by atoms with Gasteiger partial charge in [0, 0.05) is 5.02 Å². The van der Waals surface area contributed by atoms with Crippen LogP contribution < -0.4 is 0 Å². The molecular weight excluding hydrogens is 192 g/mol. The molecule has 0 atom stereocenters. The highest BCUT2D eigenvalue weighted by Crippen LogP contribution is 2.24. The van der Waals surface area contributed by atoms with E-state index in [1.165, 1.54) is 23.1 Å². The third kappa shape index (κ3) is 2.88. The topological polar surface area (TPSA) is 0 Å². The van der Waals surface area contributed by atoms with Crippen molar-refractivity contribution in [3.05, 3.63) is 40.4 Å². The van der Waals surface area contributed by atoms with Crippen molar-refractivity contribution in [3.63, 3.8) is 0 Å². The minimum Gasteiger partial charge on any atom is -0.0843 e. The van der Waals surface area contributed by atoms with E-state index in [1.54, 1.807) is 0 Å². The third-order valence-electron chi connectivity index (χ3n) is 2.30. The first-order chi connectivity index (χ1) is 6.65. The Morgan fingerprint density at radius 2 is 1.71 bits per heavy atom. The Hall–Kier alpha value is -0.750. The molecule has 0 aliphatic rings. The predicted octanol–water partition coefficient (Wildman–Crippen LogP) is 4.93. The van der Waals surface area contributed by atoms with E-state index in [4.69, 9.17) is 11.6 Å². The molecular formula is C13H17Cl. The Labute approximate surface area is 91.6 Å². The second kappa shape index (κ2) is 5.21. The molecule has 1 aromatic rings. The minimum absolute atomic E-state index is 0.804. The van der Waals surface area contributed by atoms with E-state index in [-0.39, 0.29) is 0 Å². The molecule has 0 aliphatic heterocycles. The first-order valence-electron chi connectivity index (χ1n) is 5.07. The van der Waals surface area contributed by atoms with Crippen LogP contribution in [0.5, 0.6) is 0 Å². The monoisotopic (exact) mass is 208 g/mol. The van der Waals surface area contributed by atoms with Gasteiger partial charge >= 0.3 is 0 Å². The molecule has 0 aromatic heterocycles. The molecule has 0 nitrogen and oxygen atoms in total. The van der Waals surface area contributed by atoms with E-state index in [2.05, 4.69) is 32.9 Å². The molecule has 0 radical (unpaired) electrons. The zero-order chi connectivity index (χ0) is 10.6. The molecule has 76 valence electrons. The number of halogens is 1. The number of allylic oxidation sites excluding steroid dienone is 2. The van der Waals surface area contributed by atoms with Crippen LogP contribution in [0.1, 0.15) is 39.2 Å². The van der Waals surface area contributed by atoms with Crippen molar-refractivity contribution in [2.75, 3.05) is 0 Å². The van der Waals surface area contributed by atoms with Gasteiger partial charge in [0.05, 0.1) is 0 Å². The Morgan fingerprint density at radius 1 is 1.14 bits per heavy atom. The SMILES string of the molecule is CCCC(=C(C)C)c1ccc(Cl)cc1. The molecule has 0 spiro atoms. The Balaban J connectivity index is 3.01. The van der Waals surface area contributed by atoms with E-state index < -0.39 is 0 Å². The number of rotatable bonds is 3. The average molecular weight is 209 g/mol. The molecule has 0 amide bonds. The first kappa shape index (κ1) is 11.3. The fourth-order valence-corrected chi connectivity index (χ4v) is 1.71. The molecule has 0 saturated carbocycles. The zero-order valence-corrected chi connectivity index (χ0v) is 9.86. The normalized spacial score (nSPS) is 10.0. The second-order valence-corrected chi connectivity index (χ2v) is 4.17. The van der Waals surface area contributed by atoms with Gasteiger partial charge in [0.2, 0.25) is 0 Å². The van der Waals surface area contributed by atoms with Crippen LogP contribution in [0.2, 0.25) is 5.02 Å². The van der Waals surface area contributed by atoms with Crippen LogP contribution in [-0.2, 0) is 0 Å². The van der Waals surface area contributed by atoms with Gasteiger partial charge in [-0.15, -0.1) is 0 Å². The van der Waals surface area contributed by atoms with E-state index in [0.29, 0.717) is 0 Å². The summed E-state index contributed by atoms with van der Waals surface area (Å²) in [5, 5.41) is 0.804. The Morgan fingerprint density at radius 3 is 2.14 bits per heavy atom. The van der Waals surface area contributed by atoms with Crippen LogP contribution in [0.4, 0.5) is 0 Å². The lowest BCUT2D eigenvalue weighted by molar-refractivity contribution is 0.965. The zero-order valence-electron chi connectivity index (χ0n) is 9.10. The summed E-state index contributed by atoms with van der Waals surface area (Å²) in [5.74, 6) is 0. The third-order valence-corrected chi connectivity index (χ3v) is 2.55. The minimum atomic E-state index is 0.804. The lowest BCUT2D eigenvalue weighted by atomic mass is 9.97. The summed E-state index contributed by atoms with van der Waals surface area (Å²) in [5.41, 5.74) is 4.15. The molecule has 0 unspecified atom stereocenters. The van der Waals surface area contributed by atoms with Crippen LogP contribution in [0.15, 0.2) is 29.8 Å². The molecule has 0 saturated heterocycles. The highest BCUT2D eigenvalue weighted by molar-refractivity contribution is 6.30. The van der Waals surface area contributed by atoms with Gasteiger partial charge in [-0.25, -0.2) is 0 Å². The smallest absolute Gasteiger partial charge is 0.0406 e. The molecule has 14 heavy (non-hydrogen) atoms. The van der Waals surface area contributed by atoms with Gasteiger partial charge in [0.15, 0.2) is 0 Å². The van der Waals surface area contributed by atoms with E-state index in [0.717, 1.165) is 11.4 Å². The van der Waals surface area contributed by atoms with Gasteiger partial charge in [-0.3, -0.25) is 0 Å². The van der Waals surface area contributed by atoms with Crippen molar-refractivity contribution in [3.8, 4) is 0 Å². The van der Waals surface area contributed by atoms with E-state index >= 15 is 0 Å². The fourth-order valence-electron chi connectivity index (χ4n) is 1.58. The van der Waals surface area contributed by atoms with E-state index in [1.807, 2.05) is 12.1 Å². The molecule has 1 aromatic carbocycles. The number of hydrogen-bond donors (Lipinski definition) is 0. The average Bonchev–Trinajstić information content (AvgIpc) is 2.15. The first-order valence-corrected chi connectivity index (χ1v) is 5.45. The maximum atomic E-state index is 5.86. The fraction of sp³-hybridized carbons (Fsp3) is 0.385. The quantitative estimate of drug-likeness (QED) is 0.661. The van der Waals surface area contributed by atoms with Crippen LogP contribution in [0.25, 0.3) is 5.57 Å². The van der Waals surface area contributed by atoms with Gasteiger partial charge in [-0.2, -0.15) is 0 Å². The van der Waals surface area contributed by atoms with Crippen molar-refractivity contribution in [2.45, 2.75) is 33.6 Å². The molecule has 1 heteroatoms. The second-order valence-electron chi connectivity index (χ2n) is 3.74. The Kier molecular flexibility index (Phi) is 4.21. The molecule has 0 N–H and O–H groups in total. The Bertz CT molecular complexity index is 316. The highest BCUT2D eigenvalue weighted by Gasteiger charge is 2.02. The highest BCUT2D eigenvalue weighted by atomic mass is 35.5. The molecule has 0 heterocycles. The van der Waals surface area contributed by atoms with Gasteiger partial charge in [0.25, 0.3) is 0 Å². The maximum absolute atomic E-state index is 5.86. The maximum Gasteiger partial charge on any atom is 0.0406 e. The summed E-state index contributed by atoms with van der Waals surface area (Å²) in [6.45, 7) is 6.54. The van der Waals surface area contributed by atoms with Crippen molar-refractivity contribution in [1.29, 1.82) is 0 Å². The summed E-state index contributed by atoms with van der Waals surface area (Å²) in [7, 11) is 0. The van der Waals surface area contributed by atoms with Crippen molar-refractivity contribution in [2.24, 2.45) is 0 Å². The van der Waals surface area contributed by atoms with Gasteiger partial charge in [-0.05, 0) is 43.5 Å². The van der Waals surface area contributed by atoms with Gasteiger partial charge in [-0.1, -0.05) is 42.7 Å². The molecule has 1 rings (SSSR count). The van der Waals surface area contributed by atoms with Crippen LogP contribution in [0, 0.1) is 0 Å². The van der Waals surface area contributed by atoms with Crippen LogP contribution in [0.3, 0.4) is 0 Å². The van der Waals surface area contributed by atoms with Crippen LogP contribution >= 0.6 is 11.6 Å². The summed E-state index contributed by atoms with van der Waals surface area (Å²) >= 11 is 5.86. The standard InChI is InChI=1S/C13H17Cl/c1-4-5-13(10(2)3)11-6-8-12(14)9-7-11/h6-9H,4-5H2,1-3H3. The number of hydrogen-bond acceptors (Lipinski definition) is 0. The number of benzene rings is 1. The van der Waals surface area contributed by atoms with Gasteiger partial charge in [0.1, 0.15) is 0 Å². The molecule has 0 bridgehead atoms. The van der Waals surface area contributed by atoms with Crippen molar-refractivity contribution < 1.29 is 0 Å². The van der Waals surface area contributed by atoms with E-state index in [9.17, 15) is 0 Å². The van der Waals surface area contributed by atoms with Crippen molar-refractivity contribution in [1.82, 2.24) is 0 Å². The lowest BCUT2D eigenvalue weighted by Gasteiger charge is -2.09. The largest absolute Gasteiger partial charge is 0.0843 e. The lowest BCUT2D eigenvalue weighted by Crippen LogP contribution is -1.87. The van der Waals surface area contributed by atoms with Crippen LogP contribution in [-0.4, -0.2) is 0 Å².